The van der Waals surface area contributed by atoms with E-state index in [0.717, 1.165) is 12.8 Å². The molecule has 4 nitrogen and oxygen atoms in total. The van der Waals surface area contributed by atoms with Gasteiger partial charge in [-0.05, 0) is 31.6 Å². The lowest BCUT2D eigenvalue weighted by Gasteiger charge is -2.26. The molecule has 1 aliphatic carbocycles. The van der Waals surface area contributed by atoms with Crippen molar-refractivity contribution in [2.45, 2.75) is 36.2 Å². The van der Waals surface area contributed by atoms with E-state index in [1.165, 1.54) is 0 Å². The molecule has 0 amide bonds. The zero-order chi connectivity index (χ0) is 12.2. The van der Waals surface area contributed by atoms with Crippen LogP contribution < -0.4 is 0 Å². The Labute approximate surface area is 96.1 Å². The smallest absolute Gasteiger partial charge is 0.226 e. The molecule has 0 aromatic heterocycles. The minimum Gasteiger partial charge on any atom is -0.226 e. The zero-order valence-electron chi connectivity index (χ0n) is 8.96. The molecule has 1 aliphatic rings. The topological polar surface area (TPSA) is 81.7 Å². The zero-order valence-corrected chi connectivity index (χ0v) is 9.78. The maximum absolute atomic E-state index is 11.9. The van der Waals surface area contributed by atoms with Crippen LogP contribution in [-0.4, -0.2) is 18.9 Å². The molecule has 0 aromatic rings. The highest BCUT2D eigenvalue weighted by atomic mass is 32.2. The highest BCUT2D eigenvalue weighted by molar-refractivity contribution is 7.93. The number of nitrogens with zero attached hydrogens (tertiary/aromatic N) is 2. The second-order valence-electron chi connectivity index (χ2n) is 4.00. The van der Waals surface area contributed by atoms with Gasteiger partial charge in [-0.1, -0.05) is 6.08 Å². The van der Waals surface area contributed by atoms with Gasteiger partial charge in [-0.3, -0.25) is 0 Å². The third-order valence-corrected chi connectivity index (χ3v) is 5.35. The lowest BCUT2D eigenvalue weighted by molar-refractivity contribution is 0.414. The van der Waals surface area contributed by atoms with Crippen LogP contribution in [0.2, 0.25) is 0 Å². The van der Waals surface area contributed by atoms with Gasteiger partial charge in [-0.2, -0.15) is 10.5 Å². The summed E-state index contributed by atoms with van der Waals surface area (Å²) in [6.07, 6.45) is 4.45. The maximum Gasteiger partial charge on any atom is 0.233 e. The maximum atomic E-state index is 11.9. The predicted octanol–water partition coefficient (Wildman–Crippen LogP) is 1.56. The van der Waals surface area contributed by atoms with E-state index in [-0.39, 0.29) is 0 Å². The number of allylic oxidation sites excluding steroid dienone is 1. The summed E-state index contributed by atoms with van der Waals surface area (Å²) in [6, 6.07) is 3.09. The summed E-state index contributed by atoms with van der Waals surface area (Å²) in [6.45, 7) is 3.68. The molecule has 0 radical (unpaired) electrons. The summed E-state index contributed by atoms with van der Waals surface area (Å²) in [5.74, 6) is 0.370. The van der Waals surface area contributed by atoms with Gasteiger partial charge >= 0.3 is 0 Å². The van der Waals surface area contributed by atoms with Crippen LogP contribution in [0.3, 0.4) is 0 Å². The third kappa shape index (κ3) is 2.43. The fourth-order valence-corrected chi connectivity index (χ4v) is 3.63. The molecule has 0 spiro atoms. The van der Waals surface area contributed by atoms with Crippen molar-refractivity contribution in [2.75, 3.05) is 0 Å². The van der Waals surface area contributed by atoms with Gasteiger partial charge in [0.2, 0.25) is 5.25 Å². The largest absolute Gasteiger partial charge is 0.233 e. The van der Waals surface area contributed by atoms with E-state index in [4.69, 9.17) is 10.5 Å². The monoisotopic (exact) mass is 238 g/mol. The van der Waals surface area contributed by atoms with Crippen LogP contribution in [-0.2, 0) is 9.84 Å². The van der Waals surface area contributed by atoms with Gasteiger partial charge in [0.15, 0.2) is 9.84 Å². The first-order valence-electron chi connectivity index (χ1n) is 5.20. The Bertz CT molecular complexity index is 420. The van der Waals surface area contributed by atoms with Crippen LogP contribution in [0.4, 0.5) is 0 Å². The van der Waals surface area contributed by atoms with Gasteiger partial charge in [0.25, 0.3) is 0 Å². The van der Waals surface area contributed by atoms with Crippen molar-refractivity contribution < 1.29 is 8.42 Å². The third-order valence-electron chi connectivity index (χ3n) is 3.08. The van der Waals surface area contributed by atoms with Gasteiger partial charge in [0.1, 0.15) is 0 Å². The Kier molecular flexibility index (Phi) is 4.09. The summed E-state index contributed by atoms with van der Waals surface area (Å²) in [5, 5.41) is 15.2. The fourth-order valence-electron chi connectivity index (χ4n) is 2.02. The van der Waals surface area contributed by atoms with E-state index in [2.05, 4.69) is 6.58 Å². The second-order valence-corrected chi connectivity index (χ2v) is 6.32. The molecule has 5 heteroatoms. The van der Waals surface area contributed by atoms with Gasteiger partial charge in [-0.15, -0.1) is 6.58 Å². The fraction of sp³-hybridized carbons (Fsp3) is 0.636. The highest BCUT2D eigenvalue weighted by Crippen LogP contribution is 2.30. The first-order chi connectivity index (χ1) is 7.56. The molecule has 1 fully saturated rings. The van der Waals surface area contributed by atoms with E-state index in [1.807, 2.05) is 6.08 Å². The van der Waals surface area contributed by atoms with Crippen LogP contribution in [0.25, 0.3) is 0 Å². The Balaban J connectivity index is 2.78. The van der Waals surface area contributed by atoms with Gasteiger partial charge in [0.05, 0.1) is 17.4 Å². The van der Waals surface area contributed by atoms with Crippen LogP contribution in [0.15, 0.2) is 12.7 Å². The van der Waals surface area contributed by atoms with E-state index in [0.29, 0.717) is 18.8 Å². The van der Waals surface area contributed by atoms with Crippen molar-refractivity contribution in [1.29, 1.82) is 10.5 Å². The molecule has 0 aromatic carbocycles. The number of hydrogen-bond donors (Lipinski definition) is 0. The first-order valence-corrected chi connectivity index (χ1v) is 6.81. The van der Waals surface area contributed by atoms with E-state index in [9.17, 15) is 8.42 Å². The van der Waals surface area contributed by atoms with Crippen molar-refractivity contribution in [3.05, 3.63) is 12.7 Å². The average Bonchev–Trinajstić information content (AvgIpc) is 2.30. The molecule has 1 rings (SSSR count). The van der Waals surface area contributed by atoms with Crippen molar-refractivity contribution in [3.8, 4) is 12.1 Å². The average molecular weight is 238 g/mol. The minimum atomic E-state index is -3.61. The molecule has 86 valence electrons. The highest BCUT2D eigenvalue weighted by Gasteiger charge is 2.36. The molecule has 0 N–H and O–H groups in total. The Morgan fingerprint density at radius 3 is 2.06 bits per heavy atom. The van der Waals surface area contributed by atoms with Crippen molar-refractivity contribution in [2.24, 2.45) is 5.92 Å². The molecule has 0 aliphatic heterocycles. The molecule has 0 unspecified atom stereocenters. The van der Waals surface area contributed by atoms with Crippen LogP contribution in [0, 0.1) is 28.6 Å². The molecular formula is C11H14N2O2S. The standard InChI is InChI=1S/C11H14N2O2S/c1-2-9-3-5-10(6-4-9)16(14,15)11(7-12)8-13/h2,9-11H,1,3-6H2. The van der Waals surface area contributed by atoms with Gasteiger partial charge < -0.3 is 0 Å². The summed E-state index contributed by atoms with van der Waals surface area (Å²) in [5.41, 5.74) is 0. The van der Waals surface area contributed by atoms with Crippen molar-refractivity contribution >= 4 is 9.84 Å². The molecule has 0 bridgehead atoms. The SMILES string of the molecule is C=CC1CCC(S(=O)(=O)C(C#N)C#N)CC1. The lowest BCUT2D eigenvalue weighted by Crippen LogP contribution is -2.33. The summed E-state index contributed by atoms with van der Waals surface area (Å²) in [7, 11) is -3.61. The van der Waals surface area contributed by atoms with Crippen LogP contribution in [0.1, 0.15) is 25.7 Å². The van der Waals surface area contributed by atoms with Crippen LogP contribution in [0.5, 0.6) is 0 Å². The van der Waals surface area contributed by atoms with Crippen molar-refractivity contribution in [3.63, 3.8) is 0 Å². The summed E-state index contributed by atoms with van der Waals surface area (Å²) in [4.78, 5) is 0. The number of hydrogen-bond acceptors (Lipinski definition) is 4. The van der Waals surface area contributed by atoms with Crippen molar-refractivity contribution in [1.82, 2.24) is 0 Å². The second kappa shape index (κ2) is 5.14. The minimum absolute atomic E-state index is 0.370. The van der Waals surface area contributed by atoms with E-state index >= 15 is 0 Å². The predicted molar refractivity (Wildman–Crippen MR) is 59.9 cm³/mol. The van der Waals surface area contributed by atoms with Crippen LogP contribution >= 0.6 is 0 Å². The Morgan fingerprint density at radius 1 is 1.19 bits per heavy atom. The molecule has 0 atom stereocenters. The summed E-state index contributed by atoms with van der Waals surface area (Å²) >= 11 is 0. The van der Waals surface area contributed by atoms with Gasteiger partial charge in [0, 0.05) is 0 Å². The molecule has 1 saturated carbocycles. The van der Waals surface area contributed by atoms with Gasteiger partial charge in [-0.25, -0.2) is 8.42 Å². The molecule has 0 heterocycles. The molecule has 16 heavy (non-hydrogen) atoms. The number of nitriles is 2. The Morgan fingerprint density at radius 2 is 1.69 bits per heavy atom. The van der Waals surface area contributed by atoms with E-state index < -0.39 is 20.3 Å². The summed E-state index contributed by atoms with van der Waals surface area (Å²) < 4.78 is 23.7. The number of rotatable bonds is 3. The number of sulfone groups is 1. The normalized spacial score (nSPS) is 25.7. The lowest BCUT2D eigenvalue weighted by atomic mass is 9.89. The first kappa shape index (κ1) is 12.7. The quantitative estimate of drug-likeness (QED) is 0.699. The molecular weight excluding hydrogens is 224 g/mol. The van der Waals surface area contributed by atoms with E-state index in [1.54, 1.807) is 12.1 Å². The Hall–Kier alpha value is -1.33. The molecule has 0 saturated heterocycles.